The van der Waals surface area contributed by atoms with E-state index in [1.807, 2.05) is 30.3 Å². The second-order valence-corrected chi connectivity index (χ2v) is 6.70. The molecule has 2 aromatic carbocycles. The lowest BCUT2D eigenvalue weighted by atomic mass is 9.76. The summed E-state index contributed by atoms with van der Waals surface area (Å²) < 4.78 is 0. The molecule has 3 rings (SSSR count). The number of carbonyl (C=O) groups is 2. The molecular weight excluding hydrogens is 316 g/mol. The molecule has 2 N–H and O–H groups in total. The van der Waals surface area contributed by atoms with Crippen LogP contribution in [0.2, 0.25) is 0 Å². The second kappa shape index (κ2) is 7.09. The first-order chi connectivity index (χ1) is 12.0. The highest BCUT2D eigenvalue weighted by molar-refractivity contribution is 6.00. The highest BCUT2D eigenvalue weighted by Crippen LogP contribution is 2.42. The normalized spacial score (nSPS) is 15.1. The number of hydrogen-bond donors (Lipinski definition) is 2. The second-order valence-electron chi connectivity index (χ2n) is 6.70. The van der Waals surface area contributed by atoms with Crippen molar-refractivity contribution in [1.82, 2.24) is 0 Å². The molecule has 1 saturated carbocycles. The summed E-state index contributed by atoms with van der Waals surface area (Å²) >= 11 is 0. The van der Waals surface area contributed by atoms with Crippen LogP contribution in [0.4, 0.5) is 0 Å². The standard InChI is InChI=1S/C21H22O4/c1-13-16(20(22)23)12-17(14-8-4-2-5-9-14)19(18(13)21(24)25)15-10-6-3-7-11-15/h2,4-5,8-9,12,15H,3,6-7,10-11H2,1H3,(H,22,23)(H,24,25). The van der Waals surface area contributed by atoms with Crippen LogP contribution in [0.5, 0.6) is 0 Å². The minimum Gasteiger partial charge on any atom is -0.478 e. The number of hydrogen-bond acceptors (Lipinski definition) is 2. The van der Waals surface area contributed by atoms with Crippen molar-refractivity contribution < 1.29 is 19.8 Å². The SMILES string of the molecule is Cc1c(C(=O)O)cc(-c2ccccc2)c(C2CCCCC2)c1C(=O)O. The Labute approximate surface area is 147 Å². The minimum absolute atomic E-state index is 0.0656. The van der Waals surface area contributed by atoms with Crippen LogP contribution in [0.3, 0.4) is 0 Å². The van der Waals surface area contributed by atoms with Crippen molar-refractivity contribution in [3.8, 4) is 11.1 Å². The van der Waals surface area contributed by atoms with Crippen LogP contribution in [0.15, 0.2) is 36.4 Å². The predicted molar refractivity (Wildman–Crippen MR) is 96.4 cm³/mol. The zero-order valence-corrected chi connectivity index (χ0v) is 14.3. The van der Waals surface area contributed by atoms with Crippen molar-refractivity contribution in [2.75, 3.05) is 0 Å². The zero-order chi connectivity index (χ0) is 18.0. The van der Waals surface area contributed by atoms with Gasteiger partial charge in [0.1, 0.15) is 0 Å². The Bertz CT molecular complexity index is 802. The van der Waals surface area contributed by atoms with E-state index in [1.165, 1.54) is 6.42 Å². The number of benzene rings is 2. The summed E-state index contributed by atoms with van der Waals surface area (Å²) in [5.41, 5.74) is 3.00. The van der Waals surface area contributed by atoms with Gasteiger partial charge in [-0.25, -0.2) is 9.59 Å². The third-order valence-electron chi connectivity index (χ3n) is 5.17. The Morgan fingerprint density at radius 2 is 1.60 bits per heavy atom. The molecule has 0 aliphatic heterocycles. The number of aromatic carboxylic acids is 2. The number of carboxylic acids is 2. The molecule has 0 aromatic heterocycles. The van der Waals surface area contributed by atoms with Crippen LogP contribution in [-0.4, -0.2) is 22.2 Å². The Morgan fingerprint density at radius 1 is 0.960 bits per heavy atom. The van der Waals surface area contributed by atoms with E-state index in [2.05, 4.69) is 0 Å². The van der Waals surface area contributed by atoms with E-state index in [-0.39, 0.29) is 17.0 Å². The van der Waals surface area contributed by atoms with Crippen LogP contribution in [0, 0.1) is 6.92 Å². The van der Waals surface area contributed by atoms with Gasteiger partial charge in [-0.1, -0.05) is 49.6 Å². The Hall–Kier alpha value is -2.62. The van der Waals surface area contributed by atoms with Crippen LogP contribution in [0.25, 0.3) is 11.1 Å². The fourth-order valence-corrected chi connectivity index (χ4v) is 3.97. The topological polar surface area (TPSA) is 74.6 Å². The van der Waals surface area contributed by atoms with E-state index < -0.39 is 11.9 Å². The number of carboxylic acid groups (broad SMARTS) is 2. The van der Waals surface area contributed by atoms with Crippen LogP contribution in [-0.2, 0) is 0 Å². The molecular formula is C21H22O4. The van der Waals surface area contributed by atoms with Gasteiger partial charge in [0, 0.05) is 0 Å². The molecule has 2 aromatic rings. The molecule has 0 radical (unpaired) electrons. The lowest BCUT2D eigenvalue weighted by Crippen LogP contribution is -2.16. The predicted octanol–water partition coefficient (Wildman–Crippen LogP) is 5.11. The maximum Gasteiger partial charge on any atom is 0.336 e. The first-order valence-corrected chi connectivity index (χ1v) is 8.70. The van der Waals surface area contributed by atoms with Crippen molar-refractivity contribution in [3.63, 3.8) is 0 Å². The van der Waals surface area contributed by atoms with Gasteiger partial charge in [0.25, 0.3) is 0 Å². The van der Waals surface area contributed by atoms with Gasteiger partial charge < -0.3 is 10.2 Å². The third kappa shape index (κ3) is 3.29. The fraction of sp³-hybridized carbons (Fsp3) is 0.333. The molecule has 0 heterocycles. The molecule has 0 spiro atoms. The molecule has 4 heteroatoms. The van der Waals surface area contributed by atoms with E-state index in [4.69, 9.17) is 0 Å². The van der Waals surface area contributed by atoms with Gasteiger partial charge in [0.15, 0.2) is 0 Å². The first kappa shape index (κ1) is 17.2. The third-order valence-corrected chi connectivity index (χ3v) is 5.17. The Kier molecular flexibility index (Phi) is 4.88. The monoisotopic (exact) mass is 338 g/mol. The summed E-state index contributed by atoms with van der Waals surface area (Å²) in [5.74, 6) is -1.97. The number of rotatable bonds is 4. The van der Waals surface area contributed by atoms with Gasteiger partial charge in [-0.3, -0.25) is 0 Å². The molecule has 0 saturated heterocycles. The quantitative estimate of drug-likeness (QED) is 0.812. The van der Waals surface area contributed by atoms with Crippen molar-refractivity contribution in [2.45, 2.75) is 44.9 Å². The van der Waals surface area contributed by atoms with Gasteiger partial charge in [-0.05, 0) is 54.0 Å². The molecule has 130 valence electrons. The summed E-state index contributed by atoms with van der Waals surface area (Å²) in [5, 5.41) is 19.4. The van der Waals surface area contributed by atoms with Gasteiger partial charge in [0.05, 0.1) is 11.1 Å². The summed E-state index contributed by atoms with van der Waals surface area (Å²) in [4.78, 5) is 23.7. The fourth-order valence-electron chi connectivity index (χ4n) is 3.97. The van der Waals surface area contributed by atoms with Gasteiger partial charge in [-0.2, -0.15) is 0 Å². The van der Waals surface area contributed by atoms with Gasteiger partial charge in [-0.15, -0.1) is 0 Å². The molecule has 0 atom stereocenters. The van der Waals surface area contributed by atoms with E-state index in [9.17, 15) is 19.8 Å². The highest BCUT2D eigenvalue weighted by atomic mass is 16.4. The van der Waals surface area contributed by atoms with Crippen molar-refractivity contribution in [3.05, 3.63) is 58.7 Å². The van der Waals surface area contributed by atoms with Crippen molar-refractivity contribution in [2.24, 2.45) is 0 Å². The summed E-state index contributed by atoms with van der Waals surface area (Å²) in [6.45, 7) is 1.61. The largest absolute Gasteiger partial charge is 0.478 e. The van der Waals surface area contributed by atoms with E-state index in [0.717, 1.165) is 42.4 Å². The van der Waals surface area contributed by atoms with E-state index >= 15 is 0 Å². The van der Waals surface area contributed by atoms with Crippen LogP contribution < -0.4 is 0 Å². The maximum atomic E-state index is 12.1. The summed E-state index contributed by atoms with van der Waals surface area (Å²) in [6, 6.07) is 11.2. The van der Waals surface area contributed by atoms with E-state index in [0.29, 0.717) is 5.56 Å². The lowest BCUT2D eigenvalue weighted by Gasteiger charge is -2.27. The van der Waals surface area contributed by atoms with Crippen LogP contribution >= 0.6 is 0 Å². The summed E-state index contributed by atoms with van der Waals surface area (Å²) in [6.07, 6.45) is 5.24. The average Bonchev–Trinajstić information content (AvgIpc) is 2.62. The van der Waals surface area contributed by atoms with E-state index in [1.54, 1.807) is 13.0 Å². The maximum absolute atomic E-state index is 12.1. The Morgan fingerprint density at radius 3 is 2.16 bits per heavy atom. The minimum atomic E-state index is -1.09. The molecule has 25 heavy (non-hydrogen) atoms. The molecule has 1 aliphatic carbocycles. The van der Waals surface area contributed by atoms with Crippen molar-refractivity contribution >= 4 is 11.9 Å². The molecule has 0 amide bonds. The van der Waals surface area contributed by atoms with Crippen molar-refractivity contribution in [1.29, 1.82) is 0 Å². The molecule has 4 nitrogen and oxygen atoms in total. The van der Waals surface area contributed by atoms with Crippen LogP contribution in [0.1, 0.15) is 69.9 Å². The smallest absolute Gasteiger partial charge is 0.336 e. The molecule has 0 bridgehead atoms. The average molecular weight is 338 g/mol. The first-order valence-electron chi connectivity index (χ1n) is 8.70. The lowest BCUT2D eigenvalue weighted by molar-refractivity contribution is 0.0694. The van der Waals surface area contributed by atoms with Gasteiger partial charge in [0.2, 0.25) is 0 Å². The van der Waals surface area contributed by atoms with Gasteiger partial charge >= 0.3 is 11.9 Å². The molecule has 0 unspecified atom stereocenters. The highest BCUT2D eigenvalue weighted by Gasteiger charge is 2.29. The molecule has 1 fully saturated rings. The Balaban J connectivity index is 2.33. The summed E-state index contributed by atoms with van der Waals surface area (Å²) in [7, 11) is 0. The molecule has 1 aliphatic rings. The zero-order valence-electron chi connectivity index (χ0n) is 14.3.